The van der Waals surface area contributed by atoms with Crippen LogP contribution in [0.1, 0.15) is 21.5 Å². The van der Waals surface area contributed by atoms with Gasteiger partial charge in [-0.05, 0) is 48.5 Å². The van der Waals surface area contributed by atoms with Crippen LogP contribution in [0, 0.1) is 11.8 Å². The smallest absolute Gasteiger partial charge is 0.251 e. The number of hydrogen-bond acceptors (Lipinski definition) is 1. The molecule has 2 aromatic rings. The minimum Gasteiger partial charge on any atom is -0.355 e. The van der Waals surface area contributed by atoms with Crippen molar-refractivity contribution in [1.29, 1.82) is 0 Å². The number of rotatable bonds is 1. The minimum atomic E-state index is -0.0998. The summed E-state index contributed by atoms with van der Waals surface area (Å²) in [6.07, 6.45) is 0. The molecule has 0 radical (unpaired) electrons. The van der Waals surface area contributed by atoms with Gasteiger partial charge in [0.25, 0.3) is 5.91 Å². The van der Waals surface area contributed by atoms with Crippen LogP contribution in [0.4, 0.5) is 0 Å². The highest BCUT2D eigenvalue weighted by molar-refractivity contribution is 6.30. The molecule has 0 unspecified atom stereocenters. The summed E-state index contributed by atoms with van der Waals surface area (Å²) in [5.74, 6) is 5.98. The van der Waals surface area contributed by atoms with Crippen molar-refractivity contribution in [1.82, 2.24) is 5.32 Å². The molecule has 1 N–H and O–H groups in total. The van der Waals surface area contributed by atoms with Crippen LogP contribution < -0.4 is 5.32 Å². The maximum absolute atomic E-state index is 11.4. The molecule has 0 bridgehead atoms. The first-order chi connectivity index (χ1) is 9.19. The number of halogens is 1. The van der Waals surface area contributed by atoms with E-state index in [0.29, 0.717) is 10.6 Å². The summed E-state index contributed by atoms with van der Waals surface area (Å²) in [4.78, 5) is 11.4. The topological polar surface area (TPSA) is 29.1 Å². The molecule has 0 aromatic heterocycles. The molecule has 3 heteroatoms. The molecule has 0 saturated carbocycles. The van der Waals surface area contributed by atoms with Gasteiger partial charge >= 0.3 is 0 Å². The number of carbonyl (C=O) groups excluding carboxylic acids is 1. The van der Waals surface area contributed by atoms with Crippen LogP contribution in [-0.2, 0) is 0 Å². The first kappa shape index (κ1) is 13.2. The highest BCUT2D eigenvalue weighted by Gasteiger charge is 2.00. The number of benzene rings is 2. The van der Waals surface area contributed by atoms with Crippen molar-refractivity contribution in [2.75, 3.05) is 7.05 Å². The van der Waals surface area contributed by atoms with E-state index in [-0.39, 0.29) is 5.91 Å². The number of carbonyl (C=O) groups is 1. The fourth-order valence-corrected chi connectivity index (χ4v) is 1.65. The maximum atomic E-state index is 11.4. The standard InChI is InChI=1S/C16H12ClNO/c1-18-16(19)14-8-4-12(5-9-14)2-3-13-6-10-15(17)11-7-13/h4-11H,1H3,(H,18,19). The predicted octanol–water partition coefficient (Wildman–Crippen LogP) is 3.10. The third-order valence-electron chi connectivity index (χ3n) is 2.57. The van der Waals surface area contributed by atoms with Gasteiger partial charge in [-0.3, -0.25) is 4.79 Å². The van der Waals surface area contributed by atoms with E-state index in [1.807, 2.05) is 24.3 Å². The molecule has 94 valence electrons. The van der Waals surface area contributed by atoms with E-state index in [0.717, 1.165) is 11.1 Å². The number of nitrogens with one attached hydrogen (secondary N) is 1. The first-order valence-corrected chi connectivity index (χ1v) is 6.16. The third-order valence-corrected chi connectivity index (χ3v) is 2.82. The fourth-order valence-electron chi connectivity index (χ4n) is 1.53. The quantitative estimate of drug-likeness (QED) is 0.792. The summed E-state index contributed by atoms with van der Waals surface area (Å²) in [7, 11) is 1.61. The SMILES string of the molecule is CNC(=O)c1ccc(C#Cc2ccc(Cl)cc2)cc1. The van der Waals surface area contributed by atoms with E-state index in [1.165, 1.54) is 0 Å². The van der Waals surface area contributed by atoms with Gasteiger partial charge in [-0.15, -0.1) is 0 Å². The molecule has 2 aromatic carbocycles. The lowest BCUT2D eigenvalue weighted by Crippen LogP contribution is -2.17. The van der Waals surface area contributed by atoms with Crippen molar-refractivity contribution < 1.29 is 4.79 Å². The molecule has 1 amide bonds. The summed E-state index contributed by atoms with van der Waals surface area (Å²) in [6, 6.07) is 14.5. The highest BCUT2D eigenvalue weighted by Crippen LogP contribution is 2.09. The normalized spacial score (nSPS) is 9.37. The van der Waals surface area contributed by atoms with Gasteiger partial charge in [0.1, 0.15) is 0 Å². The van der Waals surface area contributed by atoms with Gasteiger partial charge in [0, 0.05) is 28.8 Å². The van der Waals surface area contributed by atoms with Gasteiger partial charge in [0.15, 0.2) is 0 Å². The van der Waals surface area contributed by atoms with E-state index >= 15 is 0 Å². The average molecular weight is 270 g/mol. The van der Waals surface area contributed by atoms with Crippen molar-refractivity contribution >= 4 is 17.5 Å². The zero-order chi connectivity index (χ0) is 13.7. The largest absolute Gasteiger partial charge is 0.355 e. The maximum Gasteiger partial charge on any atom is 0.251 e. The monoisotopic (exact) mass is 269 g/mol. The van der Waals surface area contributed by atoms with E-state index in [2.05, 4.69) is 17.2 Å². The summed E-state index contributed by atoms with van der Waals surface area (Å²) in [5.41, 5.74) is 2.39. The Labute approximate surface area is 117 Å². The molecule has 0 saturated heterocycles. The van der Waals surface area contributed by atoms with Crippen LogP contribution in [-0.4, -0.2) is 13.0 Å². The summed E-state index contributed by atoms with van der Waals surface area (Å²) in [6.45, 7) is 0. The number of amides is 1. The highest BCUT2D eigenvalue weighted by atomic mass is 35.5. The molecule has 0 heterocycles. The zero-order valence-electron chi connectivity index (χ0n) is 10.4. The zero-order valence-corrected chi connectivity index (χ0v) is 11.2. The lowest BCUT2D eigenvalue weighted by atomic mass is 10.1. The molecular formula is C16H12ClNO. The average Bonchev–Trinajstić information content (AvgIpc) is 2.46. The Morgan fingerprint density at radius 2 is 1.42 bits per heavy atom. The van der Waals surface area contributed by atoms with Gasteiger partial charge in [0.05, 0.1) is 0 Å². The summed E-state index contributed by atoms with van der Waals surface area (Å²) < 4.78 is 0. The van der Waals surface area contributed by atoms with E-state index in [9.17, 15) is 4.79 Å². The molecule has 0 aliphatic rings. The molecule has 0 fully saturated rings. The van der Waals surface area contributed by atoms with Crippen LogP contribution in [0.3, 0.4) is 0 Å². The van der Waals surface area contributed by atoms with Crippen molar-refractivity contribution in [3.63, 3.8) is 0 Å². The van der Waals surface area contributed by atoms with E-state index in [1.54, 1.807) is 31.3 Å². The Bertz CT molecular complexity index is 633. The molecule has 0 aliphatic heterocycles. The second-order valence-corrected chi connectivity index (χ2v) is 4.35. The van der Waals surface area contributed by atoms with E-state index in [4.69, 9.17) is 11.6 Å². The van der Waals surface area contributed by atoms with Crippen LogP contribution in [0.25, 0.3) is 0 Å². The van der Waals surface area contributed by atoms with Gasteiger partial charge in [-0.1, -0.05) is 23.4 Å². The summed E-state index contributed by atoms with van der Waals surface area (Å²) in [5, 5.41) is 3.27. The Balaban J connectivity index is 2.16. The molecule has 0 aliphatic carbocycles. The van der Waals surface area contributed by atoms with Crippen molar-refractivity contribution in [3.8, 4) is 11.8 Å². The van der Waals surface area contributed by atoms with Gasteiger partial charge in [-0.2, -0.15) is 0 Å². The molecular weight excluding hydrogens is 258 g/mol. The van der Waals surface area contributed by atoms with Crippen LogP contribution in [0.15, 0.2) is 48.5 Å². The first-order valence-electron chi connectivity index (χ1n) is 5.79. The summed E-state index contributed by atoms with van der Waals surface area (Å²) >= 11 is 5.80. The van der Waals surface area contributed by atoms with Gasteiger partial charge < -0.3 is 5.32 Å². The Kier molecular flexibility index (Phi) is 4.22. The Hall–Kier alpha value is -2.24. The Morgan fingerprint density at radius 3 is 1.89 bits per heavy atom. The number of hydrogen-bond donors (Lipinski definition) is 1. The molecule has 2 nitrogen and oxygen atoms in total. The van der Waals surface area contributed by atoms with Crippen molar-refractivity contribution in [3.05, 3.63) is 70.2 Å². The third kappa shape index (κ3) is 3.61. The van der Waals surface area contributed by atoms with Crippen molar-refractivity contribution in [2.45, 2.75) is 0 Å². The molecule has 0 spiro atoms. The fraction of sp³-hybridized carbons (Fsp3) is 0.0625. The van der Waals surface area contributed by atoms with Crippen LogP contribution >= 0.6 is 11.6 Å². The molecule has 19 heavy (non-hydrogen) atoms. The molecule has 2 rings (SSSR count). The van der Waals surface area contributed by atoms with Crippen molar-refractivity contribution in [2.24, 2.45) is 0 Å². The minimum absolute atomic E-state index is 0.0998. The van der Waals surface area contributed by atoms with Gasteiger partial charge in [0.2, 0.25) is 0 Å². The lowest BCUT2D eigenvalue weighted by Gasteiger charge is -1.98. The molecule has 0 atom stereocenters. The van der Waals surface area contributed by atoms with Gasteiger partial charge in [-0.25, -0.2) is 0 Å². The second-order valence-electron chi connectivity index (χ2n) is 3.91. The predicted molar refractivity (Wildman–Crippen MR) is 77.3 cm³/mol. The lowest BCUT2D eigenvalue weighted by molar-refractivity contribution is 0.0963. The Morgan fingerprint density at radius 1 is 0.947 bits per heavy atom. The second kappa shape index (κ2) is 6.08. The van der Waals surface area contributed by atoms with E-state index < -0.39 is 0 Å². The van der Waals surface area contributed by atoms with Crippen LogP contribution in [0.5, 0.6) is 0 Å². The van der Waals surface area contributed by atoms with Crippen LogP contribution in [0.2, 0.25) is 5.02 Å².